The van der Waals surface area contributed by atoms with E-state index in [-0.39, 0.29) is 6.03 Å². The van der Waals surface area contributed by atoms with Gasteiger partial charge >= 0.3 is 6.03 Å². The first-order valence-electron chi connectivity index (χ1n) is 6.73. The number of anilines is 2. The van der Waals surface area contributed by atoms with Crippen molar-refractivity contribution >= 4 is 17.4 Å². The number of amides is 2. The molecule has 5 heteroatoms. The molecule has 104 valence electrons. The molecule has 0 atom stereocenters. The Labute approximate surface area is 117 Å². The van der Waals surface area contributed by atoms with Gasteiger partial charge in [-0.25, -0.2) is 4.79 Å². The molecule has 0 spiro atoms. The molecule has 3 rings (SSSR count). The summed E-state index contributed by atoms with van der Waals surface area (Å²) in [6, 6.07) is 11.6. The van der Waals surface area contributed by atoms with Gasteiger partial charge in [0.2, 0.25) is 0 Å². The van der Waals surface area contributed by atoms with E-state index in [1.807, 2.05) is 36.4 Å². The summed E-state index contributed by atoms with van der Waals surface area (Å²) in [6.07, 6.45) is 3.83. The molecule has 2 amide bonds. The molecule has 1 aliphatic rings. The third-order valence-corrected chi connectivity index (χ3v) is 3.10. The minimum atomic E-state index is -0.135. The minimum absolute atomic E-state index is 0.135. The van der Waals surface area contributed by atoms with E-state index in [1.165, 1.54) is 0 Å². The monoisotopic (exact) mass is 271 g/mol. The van der Waals surface area contributed by atoms with Gasteiger partial charge in [0.15, 0.2) is 0 Å². The van der Waals surface area contributed by atoms with Crippen molar-refractivity contribution in [1.82, 2.24) is 5.32 Å². The third-order valence-electron chi connectivity index (χ3n) is 3.10. The summed E-state index contributed by atoms with van der Waals surface area (Å²) in [4.78, 5) is 11.6. The molecule has 3 N–H and O–H groups in total. The second-order valence-electron chi connectivity index (χ2n) is 4.88. The van der Waals surface area contributed by atoms with Crippen LogP contribution in [0.3, 0.4) is 0 Å². The van der Waals surface area contributed by atoms with Gasteiger partial charge in [-0.3, -0.25) is 0 Å². The van der Waals surface area contributed by atoms with E-state index in [4.69, 9.17) is 4.42 Å². The number of nitrogens with one attached hydrogen (secondary N) is 3. The molecular formula is C15H17N3O2. The fraction of sp³-hybridized carbons (Fsp3) is 0.267. The number of furan rings is 1. The lowest BCUT2D eigenvalue weighted by atomic mass is 10.2. The first kappa shape index (κ1) is 12.6. The SMILES string of the molecule is O=C(Nc1ccc(NCc2ccco2)cc1)NC1CC1. The zero-order chi connectivity index (χ0) is 13.8. The van der Waals surface area contributed by atoms with E-state index in [0.29, 0.717) is 12.6 Å². The maximum Gasteiger partial charge on any atom is 0.319 e. The van der Waals surface area contributed by atoms with Crippen LogP contribution in [0.4, 0.5) is 16.2 Å². The van der Waals surface area contributed by atoms with E-state index in [2.05, 4.69) is 16.0 Å². The molecule has 1 fully saturated rings. The highest BCUT2D eigenvalue weighted by Gasteiger charge is 2.23. The van der Waals surface area contributed by atoms with Crippen LogP contribution in [0.2, 0.25) is 0 Å². The predicted octanol–water partition coefficient (Wildman–Crippen LogP) is 3.18. The molecule has 1 aromatic heterocycles. The Kier molecular flexibility index (Phi) is 3.58. The number of rotatable bonds is 5. The van der Waals surface area contributed by atoms with Crippen molar-refractivity contribution in [3.8, 4) is 0 Å². The summed E-state index contributed by atoms with van der Waals surface area (Å²) in [6.45, 7) is 0.641. The summed E-state index contributed by atoms with van der Waals surface area (Å²) >= 11 is 0. The van der Waals surface area contributed by atoms with Crippen molar-refractivity contribution in [2.75, 3.05) is 10.6 Å². The van der Waals surface area contributed by atoms with Gasteiger partial charge in [-0.05, 0) is 49.2 Å². The van der Waals surface area contributed by atoms with Crippen molar-refractivity contribution in [3.05, 3.63) is 48.4 Å². The Balaban J connectivity index is 1.49. The number of carbonyl (C=O) groups excluding carboxylic acids is 1. The van der Waals surface area contributed by atoms with Gasteiger partial charge < -0.3 is 20.4 Å². The number of urea groups is 1. The van der Waals surface area contributed by atoms with Gasteiger partial charge in [0.05, 0.1) is 12.8 Å². The summed E-state index contributed by atoms with van der Waals surface area (Å²) in [7, 11) is 0. The van der Waals surface area contributed by atoms with Crippen molar-refractivity contribution in [1.29, 1.82) is 0 Å². The highest BCUT2D eigenvalue weighted by atomic mass is 16.3. The maximum atomic E-state index is 11.6. The standard InChI is InChI=1S/C15H17N3O2/c19-15(18-13-7-8-13)17-12-5-3-11(4-6-12)16-10-14-2-1-9-20-14/h1-6,9,13,16H,7-8,10H2,(H2,17,18,19). The largest absolute Gasteiger partial charge is 0.467 e. The normalized spacial score (nSPS) is 13.8. The van der Waals surface area contributed by atoms with E-state index in [0.717, 1.165) is 30.0 Å². The average molecular weight is 271 g/mol. The van der Waals surface area contributed by atoms with Crippen molar-refractivity contribution in [2.45, 2.75) is 25.4 Å². The van der Waals surface area contributed by atoms with Crippen LogP contribution >= 0.6 is 0 Å². The molecule has 5 nitrogen and oxygen atoms in total. The van der Waals surface area contributed by atoms with Gasteiger partial charge in [0, 0.05) is 17.4 Å². The number of hydrogen-bond acceptors (Lipinski definition) is 3. The van der Waals surface area contributed by atoms with E-state index < -0.39 is 0 Å². The first-order chi connectivity index (χ1) is 9.79. The first-order valence-corrected chi connectivity index (χ1v) is 6.73. The van der Waals surface area contributed by atoms with E-state index >= 15 is 0 Å². The Morgan fingerprint density at radius 2 is 1.90 bits per heavy atom. The highest BCUT2D eigenvalue weighted by molar-refractivity contribution is 5.89. The second-order valence-corrected chi connectivity index (χ2v) is 4.88. The van der Waals surface area contributed by atoms with Crippen LogP contribution < -0.4 is 16.0 Å². The van der Waals surface area contributed by atoms with Gasteiger partial charge in [-0.15, -0.1) is 0 Å². The summed E-state index contributed by atoms with van der Waals surface area (Å²) in [5, 5.41) is 8.94. The lowest BCUT2D eigenvalue weighted by Gasteiger charge is -2.08. The lowest BCUT2D eigenvalue weighted by molar-refractivity contribution is 0.251. The predicted molar refractivity (Wildman–Crippen MR) is 77.7 cm³/mol. The van der Waals surface area contributed by atoms with Crippen LogP contribution in [0, 0.1) is 0 Å². The molecule has 0 saturated heterocycles. The Bertz CT molecular complexity index is 559. The van der Waals surface area contributed by atoms with E-state index in [1.54, 1.807) is 6.26 Å². The van der Waals surface area contributed by atoms with E-state index in [9.17, 15) is 4.79 Å². The molecule has 0 aliphatic heterocycles. The minimum Gasteiger partial charge on any atom is -0.467 e. The van der Waals surface area contributed by atoms with Crippen LogP contribution in [0.5, 0.6) is 0 Å². The molecule has 1 aromatic carbocycles. The molecule has 0 radical (unpaired) electrons. The van der Waals surface area contributed by atoms with Crippen molar-refractivity contribution in [2.24, 2.45) is 0 Å². The number of hydrogen-bond donors (Lipinski definition) is 3. The lowest BCUT2D eigenvalue weighted by Crippen LogP contribution is -2.30. The van der Waals surface area contributed by atoms with Crippen LogP contribution in [-0.2, 0) is 6.54 Å². The maximum absolute atomic E-state index is 11.6. The zero-order valence-corrected chi connectivity index (χ0v) is 11.1. The number of benzene rings is 1. The zero-order valence-electron chi connectivity index (χ0n) is 11.1. The van der Waals surface area contributed by atoms with Gasteiger partial charge in [0.1, 0.15) is 5.76 Å². The molecule has 20 heavy (non-hydrogen) atoms. The molecule has 2 aromatic rings. The quantitative estimate of drug-likeness (QED) is 0.782. The number of carbonyl (C=O) groups is 1. The van der Waals surface area contributed by atoms with Crippen LogP contribution in [0.15, 0.2) is 47.1 Å². The van der Waals surface area contributed by atoms with Crippen molar-refractivity contribution in [3.63, 3.8) is 0 Å². The molecule has 1 aliphatic carbocycles. The van der Waals surface area contributed by atoms with Crippen LogP contribution in [-0.4, -0.2) is 12.1 Å². The highest BCUT2D eigenvalue weighted by Crippen LogP contribution is 2.19. The smallest absolute Gasteiger partial charge is 0.319 e. The summed E-state index contributed by atoms with van der Waals surface area (Å²) in [5.41, 5.74) is 1.77. The fourth-order valence-electron chi connectivity index (χ4n) is 1.85. The van der Waals surface area contributed by atoms with Gasteiger partial charge in [-0.2, -0.15) is 0 Å². The third kappa shape index (κ3) is 3.54. The fourth-order valence-corrected chi connectivity index (χ4v) is 1.85. The average Bonchev–Trinajstić information content (AvgIpc) is 3.10. The summed E-state index contributed by atoms with van der Waals surface area (Å²) < 4.78 is 5.25. The molecule has 0 bridgehead atoms. The summed E-state index contributed by atoms with van der Waals surface area (Å²) in [5.74, 6) is 0.885. The molecule has 1 saturated carbocycles. The Morgan fingerprint density at radius 3 is 2.55 bits per heavy atom. The molecule has 0 unspecified atom stereocenters. The van der Waals surface area contributed by atoms with Crippen LogP contribution in [0.1, 0.15) is 18.6 Å². The molecule has 1 heterocycles. The molecular weight excluding hydrogens is 254 g/mol. The topological polar surface area (TPSA) is 66.3 Å². The van der Waals surface area contributed by atoms with Gasteiger partial charge in [0.25, 0.3) is 0 Å². The van der Waals surface area contributed by atoms with Crippen LogP contribution in [0.25, 0.3) is 0 Å². The second kappa shape index (κ2) is 5.69. The Morgan fingerprint density at radius 1 is 1.15 bits per heavy atom. The van der Waals surface area contributed by atoms with Crippen molar-refractivity contribution < 1.29 is 9.21 Å². The Hall–Kier alpha value is -2.43. The van der Waals surface area contributed by atoms with Gasteiger partial charge in [-0.1, -0.05) is 0 Å².